The van der Waals surface area contributed by atoms with Crippen molar-refractivity contribution in [1.82, 2.24) is 0 Å². The summed E-state index contributed by atoms with van der Waals surface area (Å²) in [5, 5.41) is 0. The molecule has 0 N–H and O–H groups in total. The van der Waals surface area contributed by atoms with Crippen molar-refractivity contribution in [2.75, 3.05) is 7.11 Å². The van der Waals surface area contributed by atoms with Crippen LogP contribution in [0.25, 0.3) is 0 Å². The first kappa shape index (κ1) is 25.8. The van der Waals surface area contributed by atoms with Crippen LogP contribution in [-0.2, 0) is 23.6 Å². The third kappa shape index (κ3) is 8.59. The summed E-state index contributed by atoms with van der Waals surface area (Å²) in [7, 11) is 3.49. The van der Waals surface area contributed by atoms with Gasteiger partial charge >= 0.3 is 11.9 Å². The van der Waals surface area contributed by atoms with Crippen molar-refractivity contribution < 1.29 is 32.4 Å². The normalized spacial score (nSPS) is 22.4. The number of alkyl halides is 2. The van der Waals surface area contributed by atoms with E-state index in [0.29, 0.717) is 38.5 Å². The van der Waals surface area contributed by atoms with Crippen LogP contribution < -0.4 is 0 Å². The molecule has 0 amide bonds. The number of carbonyl (C=O) groups excluding carboxylic acids is 3. The van der Waals surface area contributed by atoms with Crippen molar-refractivity contribution in [2.45, 2.75) is 83.2 Å². The lowest BCUT2D eigenvalue weighted by Gasteiger charge is -2.23. The van der Waals surface area contributed by atoms with Gasteiger partial charge in [-0.25, -0.2) is 0 Å². The molecule has 0 spiro atoms. The summed E-state index contributed by atoms with van der Waals surface area (Å²) in [4.78, 5) is 35.4. The van der Waals surface area contributed by atoms with Gasteiger partial charge in [0.15, 0.2) is 0 Å². The van der Waals surface area contributed by atoms with E-state index in [2.05, 4.69) is 14.2 Å². The van der Waals surface area contributed by atoms with E-state index >= 15 is 0 Å². The molecule has 0 aromatic rings. The molecule has 0 heterocycles. The van der Waals surface area contributed by atoms with Crippen LogP contribution in [-0.4, -0.2) is 36.7 Å². The topological polar surface area (TPSA) is 69.7 Å². The number of esters is 1. The Labute approximate surface area is 174 Å². The van der Waals surface area contributed by atoms with Crippen molar-refractivity contribution in [3.8, 4) is 0 Å². The highest BCUT2D eigenvalue weighted by Gasteiger charge is 2.43. The number of ketones is 2. The van der Waals surface area contributed by atoms with E-state index in [1.54, 1.807) is 6.92 Å². The van der Waals surface area contributed by atoms with Gasteiger partial charge in [-0.1, -0.05) is 25.5 Å². The predicted molar refractivity (Wildman–Crippen MR) is 110 cm³/mol. The van der Waals surface area contributed by atoms with Gasteiger partial charge in [0.2, 0.25) is 5.78 Å². The summed E-state index contributed by atoms with van der Waals surface area (Å²) < 4.78 is 37.8. The standard InChI is InChI=1S/C21H33F2O5P/c1-3-4-13-21(22,23)19(25)12-11-16-15(17(24)14-18(16)28-29)9-7-5-6-8-10-20(26)27-2/h5,7,15-16,18H,3-4,6,8-14,29H2,1-2H3/b7-5-/t15?,16-,18?/m1/s1. The molecular weight excluding hydrogens is 401 g/mol. The lowest BCUT2D eigenvalue weighted by molar-refractivity contribution is -0.144. The van der Waals surface area contributed by atoms with Crippen molar-refractivity contribution in [2.24, 2.45) is 11.8 Å². The molecule has 1 aliphatic rings. The van der Waals surface area contributed by atoms with Crippen LogP contribution in [0.2, 0.25) is 0 Å². The van der Waals surface area contributed by atoms with Crippen LogP contribution in [0.5, 0.6) is 0 Å². The van der Waals surface area contributed by atoms with Gasteiger partial charge < -0.3 is 9.26 Å². The third-order valence-corrected chi connectivity index (χ3v) is 5.83. The first-order chi connectivity index (χ1) is 13.8. The molecular formula is C21H33F2O5P. The molecule has 1 rings (SSSR count). The highest BCUT2D eigenvalue weighted by atomic mass is 31.0. The average molecular weight is 434 g/mol. The molecule has 0 aromatic heterocycles. The Hall–Kier alpha value is -1.20. The number of Topliss-reactive ketones (excluding diaryl/α,β-unsaturated/α-hetero) is 2. The maximum absolute atomic E-state index is 13.9. The Kier molecular flexibility index (Phi) is 11.7. The minimum atomic E-state index is -3.30. The summed E-state index contributed by atoms with van der Waals surface area (Å²) in [6.07, 6.45) is 6.27. The Bertz CT molecular complexity index is 579. The molecule has 1 saturated carbocycles. The van der Waals surface area contributed by atoms with Crippen molar-refractivity contribution in [3.63, 3.8) is 0 Å². The SMILES string of the molecule is CCCCC(F)(F)C(=O)CC[C@H]1C(OP)CC(=O)C1C/C=C\CCCC(=O)OC. The van der Waals surface area contributed by atoms with Crippen LogP contribution in [0.4, 0.5) is 8.78 Å². The number of carbonyl (C=O) groups is 3. The second-order valence-corrected chi connectivity index (χ2v) is 7.83. The second-order valence-electron chi connectivity index (χ2n) is 7.56. The molecule has 0 aromatic carbocycles. The number of hydrogen-bond acceptors (Lipinski definition) is 5. The van der Waals surface area contributed by atoms with Gasteiger partial charge in [-0.2, -0.15) is 8.78 Å². The molecule has 29 heavy (non-hydrogen) atoms. The highest BCUT2D eigenvalue weighted by molar-refractivity contribution is 7.09. The molecule has 0 bridgehead atoms. The van der Waals surface area contributed by atoms with Gasteiger partial charge in [-0.15, -0.1) is 0 Å². The van der Waals surface area contributed by atoms with E-state index in [9.17, 15) is 23.2 Å². The number of halogens is 2. The molecule has 0 radical (unpaired) electrons. The number of methoxy groups -OCH3 is 1. The highest BCUT2D eigenvalue weighted by Crippen LogP contribution is 2.39. The van der Waals surface area contributed by atoms with Gasteiger partial charge in [-0.3, -0.25) is 14.4 Å². The van der Waals surface area contributed by atoms with Crippen molar-refractivity contribution in [3.05, 3.63) is 12.2 Å². The Morgan fingerprint density at radius 3 is 2.59 bits per heavy atom. The predicted octanol–water partition coefficient (Wildman–Crippen LogP) is 4.83. The van der Waals surface area contributed by atoms with Crippen molar-refractivity contribution >= 4 is 27.0 Å². The minimum absolute atomic E-state index is 0.0341. The number of unbranched alkanes of at least 4 members (excludes halogenated alkanes) is 2. The maximum atomic E-state index is 13.9. The molecule has 0 aliphatic heterocycles. The van der Waals surface area contributed by atoms with Crippen LogP contribution in [0.15, 0.2) is 12.2 Å². The summed E-state index contributed by atoms with van der Waals surface area (Å²) in [6.45, 7) is 1.80. The molecule has 166 valence electrons. The minimum Gasteiger partial charge on any atom is -0.469 e. The maximum Gasteiger partial charge on any atom is 0.305 e. The summed E-state index contributed by atoms with van der Waals surface area (Å²) >= 11 is 0. The first-order valence-electron chi connectivity index (χ1n) is 10.3. The molecule has 1 fully saturated rings. The lowest BCUT2D eigenvalue weighted by Crippen LogP contribution is -2.30. The fraction of sp³-hybridized carbons (Fsp3) is 0.762. The Balaban J connectivity index is 2.59. The zero-order chi connectivity index (χ0) is 21.9. The molecule has 0 saturated heterocycles. The van der Waals surface area contributed by atoms with Crippen LogP contribution in [0, 0.1) is 11.8 Å². The fourth-order valence-corrected chi connectivity index (χ4v) is 3.99. The number of rotatable bonds is 14. The van der Waals surface area contributed by atoms with Gasteiger partial charge in [0.25, 0.3) is 0 Å². The monoisotopic (exact) mass is 434 g/mol. The Morgan fingerprint density at radius 1 is 1.24 bits per heavy atom. The second kappa shape index (κ2) is 13.2. The van der Waals surface area contributed by atoms with Gasteiger partial charge in [0.05, 0.1) is 13.2 Å². The van der Waals surface area contributed by atoms with Crippen molar-refractivity contribution in [1.29, 1.82) is 0 Å². The average Bonchev–Trinajstić information content (AvgIpc) is 3.01. The van der Waals surface area contributed by atoms with E-state index in [1.807, 2.05) is 12.2 Å². The number of hydrogen-bond donors (Lipinski definition) is 0. The van der Waals surface area contributed by atoms with Gasteiger partial charge in [0, 0.05) is 41.1 Å². The van der Waals surface area contributed by atoms with Gasteiger partial charge in [-0.05, 0) is 38.0 Å². The van der Waals surface area contributed by atoms with Crippen LogP contribution in [0.3, 0.4) is 0 Å². The third-order valence-electron chi connectivity index (χ3n) is 5.48. The lowest BCUT2D eigenvalue weighted by atomic mass is 9.86. The number of ether oxygens (including phenoxy) is 1. The molecule has 4 atom stereocenters. The summed E-state index contributed by atoms with van der Waals surface area (Å²) in [5.41, 5.74) is 0. The molecule has 8 heteroatoms. The van der Waals surface area contributed by atoms with Gasteiger partial charge in [0.1, 0.15) is 5.78 Å². The van der Waals surface area contributed by atoms with E-state index in [4.69, 9.17) is 4.52 Å². The molecule has 3 unspecified atom stereocenters. The molecule has 5 nitrogen and oxygen atoms in total. The van der Waals surface area contributed by atoms with E-state index in [1.165, 1.54) is 7.11 Å². The van der Waals surface area contributed by atoms with E-state index < -0.39 is 18.1 Å². The molecule has 1 aliphatic carbocycles. The smallest absolute Gasteiger partial charge is 0.305 e. The number of allylic oxidation sites excluding steroid dienone is 2. The van der Waals surface area contributed by atoms with Crippen LogP contribution in [0.1, 0.15) is 71.1 Å². The first-order valence-corrected chi connectivity index (χ1v) is 10.7. The van der Waals surface area contributed by atoms with Crippen LogP contribution >= 0.6 is 9.47 Å². The van der Waals surface area contributed by atoms with E-state index in [-0.39, 0.29) is 49.0 Å². The Morgan fingerprint density at radius 2 is 1.97 bits per heavy atom. The summed E-state index contributed by atoms with van der Waals surface area (Å²) in [6, 6.07) is 0. The van der Waals surface area contributed by atoms with E-state index in [0.717, 1.165) is 0 Å². The quantitative estimate of drug-likeness (QED) is 0.170. The fourth-order valence-electron chi connectivity index (χ4n) is 3.69. The zero-order valence-corrected chi connectivity index (χ0v) is 18.5. The zero-order valence-electron chi connectivity index (χ0n) is 17.3. The summed E-state index contributed by atoms with van der Waals surface area (Å²) in [5.74, 6) is -5.17. The largest absolute Gasteiger partial charge is 0.469 e.